The van der Waals surface area contributed by atoms with Gasteiger partial charge in [-0.25, -0.2) is 4.98 Å². The molecule has 7 nitrogen and oxygen atoms in total. The van der Waals surface area contributed by atoms with Gasteiger partial charge in [-0.2, -0.15) is 0 Å². The van der Waals surface area contributed by atoms with Crippen LogP contribution in [0.3, 0.4) is 0 Å². The van der Waals surface area contributed by atoms with E-state index in [9.17, 15) is 4.79 Å². The zero-order valence-corrected chi connectivity index (χ0v) is 15.9. The summed E-state index contributed by atoms with van der Waals surface area (Å²) in [6.07, 6.45) is 5.56. The van der Waals surface area contributed by atoms with Crippen LogP contribution in [0.25, 0.3) is 0 Å². The van der Waals surface area contributed by atoms with Crippen molar-refractivity contribution in [2.45, 2.75) is 25.7 Å². The van der Waals surface area contributed by atoms with Crippen LogP contribution in [0.15, 0.2) is 36.7 Å². The number of ether oxygens (including phenoxy) is 2. The van der Waals surface area contributed by atoms with Gasteiger partial charge < -0.3 is 19.7 Å². The summed E-state index contributed by atoms with van der Waals surface area (Å²) in [5.74, 6) is 1.40. The van der Waals surface area contributed by atoms with Crippen molar-refractivity contribution in [1.29, 1.82) is 0 Å². The second kappa shape index (κ2) is 9.43. The average Bonchev–Trinajstić information content (AvgIpc) is 2.68. The van der Waals surface area contributed by atoms with Gasteiger partial charge in [-0.15, -0.1) is 0 Å². The Labute approximate surface area is 159 Å². The Morgan fingerprint density at radius 3 is 2.78 bits per heavy atom. The van der Waals surface area contributed by atoms with Gasteiger partial charge in [-0.05, 0) is 43.7 Å². The number of anilines is 1. The molecule has 144 valence electrons. The number of benzene rings is 1. The summed E-state index contributed by atoms with van der Waals surface area (Å²) in [5, 5.41) is 2.74. The normalized spacial score (nSPS) is 17.5. The van der Waals surface area contributed by atoms with E-state index in [-0.39, 0.29) is 11.8 Å². The number of rotatable bonds is 7. The first kappa shape index (κ1) is 19.3. The Morgan fingerprint density at radius 1 is 1.26 bits per heavy atom. The summed E-state index contributed by atoms with van der Waals surface area (Å²) in [7, 11) is 1.73. The summed E-state index contributed by atoms with van der Waals surface area (Å²) < 4.78 is 11.2. The highest BCUT2D eigenvalue weighted by atomic mass is 16.5. The molecule has 1 aliphatic rings. The van der Waals surface area contributed by atoms with E-state index in [1.807, 2.05) is 12.1 Å². The first-order chi connectivity index (χ1) is 13.2. The van der Waals surface area contributed by atoms with Crippen LogP contribution in [0.1, 0.15) is 31.4 Å². The van der Waals surface area contributed by atoms with E-state index in [0.717, 1.165) is 50.5 Å². The van der Waals surface area contributed by atoms with Crippen LogP contribution in [0, 0.1) is 0 Å². The van der Waals surface area contributed by atoms with Crippen LogP contribution < -0.4 is 10.1 Å². The number of carbonyl (C=O) groups is 1. The first-order valence-electron chi connectivity index (χ1n) is 9.23. The minimum atomic E-state index is -0.102. The van der Waals surface area contributed by atoms with Crippen molar-refractivity contribution in [3.05, 3.63) is 42.4 Å². The highest BCUT2D eigenvalue weighted by Crippen LogP contribution is 2.32. The molecule has 0 bridgehead atoms. The predicted molar refractivity (Wildman–Crippen MR) is 103 cm³/mol. The molecule has 2 aromatic rings. The molecule has 1 fully saturated rings. The number of hydrogen-bond acceptors (Lipinski definition) is 6. The molecule has 7 heteroatoms. The van der Waals surface area contributed by atoms with E-state index >= 15 is 0 Å². The van der Waals surface area contributed by atoms with Crippen molar-refractivity contribution in [3.8, 4) is 11.6 Å². The summed E-state index contributed by atoms with van der Waals surface area (Å²) >= 11 is 0. The number of likely N-dealkylation sites (tertiary alicyclic amines) is 1. The predicted octanol–water partition coefficient (Wildman–Crippen LogP) is 3.05. The van der Waals surface area contributed by atoms with Gasteiger partial charge in [0.15, 0.2) is 0 Å². The molecule has 1 N–H and O–H groups in total. The number of amides is 1. The molecule has 1 aromatic heterocycles. The molecule has 0 saturated carbocycles. The van der Waals surface area contributed by atoms with Crippen LogP contribution in [0.4, 0.5) is 5.69 Å². The second-order valence-electron chi connectivity index (χ2n) is 6.69. The zero-order chi connectivity index (χ0) is 19.1. The maximum atomic E-state index is 11.1. The van der Waals surface area contributed by atoms with Crippen molar-refractivity contribution in [3.63, 3.8) is 0 Å². The monoisotopic (exact) mass is 370 g/mol. The number of piperidine rings is 1. The Morgan fingerprint density at radius 2 is 2.04 bits per heavy atom. The van der Waals surface area contributed by atoms with Crippen LogP contribution in [-0.2, 0) is 9.53 Å². The van der Waals surface area contributed by atoms with Crippen molar-refractivity contribution >= 4 is 11.6 Å². The number of carbonyl (C=O) groups excluding carboxylic acids is 1. The molecule has 0 radical (unpaired) electrons. The van der Waals surface area contributed by atoms with E-state index in [4.69, 9.17) is 9.47 Å². The van der Waals surface area contributed by atoms with Crippen molar-refractivity contribution in [2.75, 3.05) is 38.7 Å². The minimum Gasteiger partial charge on any atom is -0.437 e. The highest BCUT2D eigenvalue weighted by molar-refractivity contribution is 5.88. The quantitative estimate of drug-likeness (QED) is 0.807. The smallest absolute Gasteiger partial charge is 0.241 e. The molecular formula is C20H26N4O3. The van der Waals surface area contributed by atoms with E-state index in [1.54, 1.807) is 31.6 Å². The molecule has 0 spiro atoms. The summed E-state index contributed by atoms with van der Waals surface area (Å²) in [6.45, 7) is 5.16. The van der Waals surface area contributed by atoms with Gasteiger partial charge in [0.1, 0.15) is 11.4 Å². The minimum absolute atomic E-state index is 0.102. The fourth-order valence-corrected chi connectivity index (χ4v) is 3.32. The van der Waals surface area contributed by atoms with Crippen LogP contribution in [0.2, 0.25) is 0 Å². The third kappa shape index (κ3) is 5.48. The number of aromatic nitrogens is 2. The number of nitrogens with one attached hydrogen (secondary N) is 1. The topological polar surface area (TPSA) is 76.6 Å². The highest BCUT2D eigenvalue weighted by Gasteiger charge is 2.25. The van der Waals surface area contributed by atoms with E-state index < -0.39 is 0 Å². The number of methoxy groups -OCH3 is 1. The molecule has 0 unspecified atom stereocenters. The zero-order valence-electron chi connectivity index (χ0n) is 15.9. The average molecular weight is 370 g/mol. The summed E-state index contributed by atoms with van der Waals surface area (Å²) in [4.78, 5) is 22.5. The standard InChI is InChI=1S/C20H26N4O3/c1-15(25)23-17-5-7-18(8-6-17)27-20-19(21-9-10-22-20)16-4-3-11-24(14-16)12-13-26-2/h5-10,16H,3-4,11-14H2,1-2H3,(H,23,25)/t16-/m0/s1. The summed E-state index contributed by atoms with van der Waals surface area (Å²) in [5.41, 5.74) is 1.63. The van der Waals surface area contributed by atoms with Gasteiger partial charge in [0, 0.05) is 51.1 Å². The third-order valence-corrected chi connectivity index (χ3v) is 4.58. The number of hydrogen-bond donors (Lipinski definition) is 1. The number of nitrogens with zero attached hydrogens (tertiary/aromatic N) is 3. The van der Waals surface area contributed by atoms with Gasteiger partial charge in [-0.1, -0.05) is 0 Å². The molecule has 1 atom stereocenters. The summed E-state index contributed by atoms with van der Waals surface area (Å²) in [6, 6.07) is 7.24. The lowest BCUT2D eigenvalue weighted by Gasteiger charge is -2.32. The van der Waals surface area contributed by atoms with Crippen LogP contribution in [-0.4, -0.2) is 54.1 Å². The van der Waals surface area contributed by atoms with Gasteiger partial charge >= 0.3 is 0 Å². The van der Waals surface area contributed by atoms with Gasteiger partial charge in [-0.3, -0.25) is 9.78 Å². The van der Waals surface area contributed by atoms with Crippen molar-refractivity contribution < 1.29 is 14.3 Å². The molecule has 1 aromatic carbocycles. The maximum Gasteiger partial charge on any atom is 0.241 e. The lowest BCUT2D eigenvalue weighted by atomic mass is 9.94. The van der Waals surface area contributed by atoms with E-state index in [1.165, 1.54) is 6.92 Å². The molecule has 1 saturated heterocycles. The van der Waals surface area contributed by atoms with Crippen LogP contribution in [0.5, 0.6) is 11.6 Å². The van der Waals surface area contributed by atoms with E-state index in [0.29, 0.717) is 11.6 Å². The fraction of sp³-hybridized carbons (Fsp3) is 0.450. The molecule has 0 aliphatic carbocycles. The van der Waals surface area contributed by atoms with Crippen molar-refractivity contribution in [1.82, 2.24) is 14.9 Å². The van der Waals surface area contributed by atoms with Crippen LogP contribution >= 0.6 is 0 Å². The molecular weight excluding hydrogens is 344 g/mol. The SMILES string of the molecule is COCCN1CCC[C@H](c2nccnc2Oc2ccc(NC(C)=O)cc2)C1. The molecule has 2 heterocycles. The molecule has 1 amide bonds. The second-order valence-corrected chi connectivity index (χ2v) is 6.69. The molecule has 27 heavy (non-hydrogen) atoms. The lowest BCUT2D eigenvalue weighted by molar-refractivity contribution is -0.114. The van der Waals surface area contributed by atoms with Gasteiger partial charge in [0.2, 0.25) is 11.8 Å². The molecule has 3 rings (SSSR count). The third-order valence-electron chi connectivity index (χ3n) is 4.58. The molecule has 1 aliphatic heterocycles. The van der Waals surface area contributed by atoms with E-state index in [2.05, 4.69) is 20.2 Å². The van der Waals surface area contributed by atoms with Crippen molar-refractivity contribution in [2.24, 2.45) is 0 Å². The Bertz CT molecular complexity index is 751. The van der Waals surface area contributed by atoms with Gasteiger partial charge in [0.05, 0.1) is 6.61 Å². The maximum absolute atomic E-state index is 11.1. The Kier molecular flexibility index (Phi) is 6.73. The fourth-order valence-electron chi connectivity index (χ4n) is 3.32. The Hall–Kier alpha value is -2.51. The van der Waals surface area contributed by atoms with Gasteiger partial charge in [0.25, 0.3) is 0 Å². The first-order valence-corrected chi connectivity index (χ1v) is 9.23. The largest absolute Gasteiger partial charge is 0.437 e. The lowest BCUT2D eigenvalue weighted by Crippen LogP contribution is -2.36. The Balaban J connectivity index is 1.71.